The molecule has 0 unspecified atom stereocenters. The molecule has 0 amide bonds. The lowest BCUT2D eigenvalue weighted by Gasteiger charge is -2.32. The summed E-state index contributed by atoms with van der Waals surface area (Å²) in [5, 5.41) is 0. The third kappa shape index (κ3) is 3.17. The number of benzene rings is 2. The van der Waals surface area contributed by atoms with Crippen molar-refractivity contribution in [3.05, 3.63) is 75.3 Å². The summed E-state index contributed by atoms with van der Waals surface area (Å²) in [4.78, 5) is 0. The minimum absolute atomic E-state index is 0.197. The fourth-order valence-corrected chi connectivity index (χ4v) is 3.69. The average molecular weight is 369 g/mol. The average Bonchev–Trinajstić information content (AvgIpc) is 2.46. The minimum atomic E-state index is 0.197. The van der Waals surface area contributed by atoms with Crippen LogP contribution in [0.2, 0.25) is 0 Å². The van der Waals surface area contributed by atoms with Gasteiger partial charge in [0.15, 0.2) is 0 Å². The van der Waals surface area contributed by atoms with E-state index in [2.05, 4.69) is 99.1 Å². The van der Waals surface area contributed by atoms with Gasteiger partial charge in [0.2, 0.25) is 0 Å². The van der Waals surface area contributed by atoms with E-state index in [0.29, 0.717) is 0 Å². The van der Waals surface area contributed by atoms with Gasteiger partial charge in [-0.25, -0.2) is 0 Å². The highest BCUT2D eigenvalue weighted by atomic mass is 79.9. The molecule has 1 aliphatic carbocycles. The molecule has 2 aromatic carbocycles. The summed E-state index contributed by atoms with van der Waals surface area (Å²) in [5.41, 5.74) is 7.26. The molecule has 0 bridgehead atoms. The highest BCUT2D eigenvalue weighted by molar-refractivity contribution is 9.10. The molecule has 0 saturated carbocycles. The first kappa shape index (κ1) is 16.5. The van der Waals surface area contributed by atoms with E-state index in [1.165, 1.54) is 27.8 Å². The quantitative estimate of drug-likeness (QED) is 0.515. The number of rotatable bonds is 1. The van der Waals surface area contributed by atoms with Gasteiger partial charge in [-0.1, -0.05) is 87.0 Å². The highest BCUT2D eigenvalue weighted by Crippen LogP contribution is 2.42. The standard InChI is InChI=1S/C22H25Br/c1-21(2,3)16-8-6-15(7-9-16)18-12-13-22(4,5)20-11-10-17(23)14-19(18)20/h6-12,14H,13H2,1-5H3. The van der Waals surface area contributed by atoms with Crippen molar-refractivity contribution in [1.82, 2.24) is 0 Å². The molecule has 23 heavy (non-hydrogen) atoms. The number of hydrogen-bond donors (Lipinski definition) is 0. The van der Waals surface area contributed by atoms with Crippen molar-refractivity contribution in [1.29, 1.82) is 0 Å². The van der Waals surface area contributed by atoms with Crippen LogP contribution in [0.3, 0.4) is 0 Å². The summed E-state index contributed by atoms with van der Waals surface area (Å²) in [7, 11) is 0. The molecule has 1 aliphatic rings. The van der Waals surface area contributed by atoms with E-state index in [9.17, 15) is 0 Å². The summed E-state index contributed by atoms with van der Waals surface area (Å²) in [6.07, 6.45) is 3.48. The Morgan fingerprint density at radius 1 is 0.957 bits per heavy atom. The van der Waals surface area contributed by atoms with Gasteiger partial charge in [0, 0.05) is 4.47 Å². The Hall–Kier alpha value is -1.34. The van der Waals surface area contributed by atoms with Crippen molar-refractivity contribution in [3.8, 4) is 0 Å². The second kappa shape index (κ2) is 5.63. The maximum atomic E-state index is 3.64. The Morgan fingerprint density at radius 2 is 1.61 bits per heavy atom. The van der Waals surface area contributed by atoms with Gasteiger partial charge < -0.3 is 0 Å². The summed E-state index contributed by atoms with van der Waals surface area (Å²) >= 11 is 3.64. The predicted octanol–water partition coefficient (Wildman–Crippen LogP) is 6.86. The van der Waals surface area contributed by atoms with Crippen LogP contribution in [0.1, 0.15) is 63.3 Å². The fraction of sp³-hybridized carbons (Fsp3) is 0.364. The lowest BCUT2D eigenvalue weighted by molar-refractivity contribution is 0.527. The molecule has 0 atom stereocenters. The van der Waals surface area contributed by atoms with Crippen LogP contribution in [0.5, 0.6) is 0 Å². The van der Waals surface area contributed by atoms with Gasteiger partial charge in [-0.15, -0.1) is 0 Å². The maximum Gasteiger partial charge on any atom is 0.0181 e. The molecule has 3 rings (SSSR count). The molecule has 0 nitrogen and oxygen atoms in total. The molecule has 2 aromatic rings. The second-order valence-corrected chi connectivity index (χ2v) is 9.14. The molecule has 0 saturated heterocycles. The van der Waals surface area contributed by atoms with Crippen LogP contribution >= 0.6 is 15.9 Å². The number of hydrogen-bond acceptors (Lipinski definition) is 0. The van der Waals surface area contributed by atoms with E-state index in [4.69, 9.17) is 0 Å². The molecular weight excluding hydrogens is 344 g/mol. The minimum Gasteiger partial charge on any atom is -0.0752 e. The van der Waals surface area contributed by atoms with Crippen LogP contribution < -0.4 is 0 Å². The Morgan fingerprint density at radius 3 is 2.22 bits per heavy atom. The van der Waals surface area contributed by atoms with Crippen LogP contribution in [-0.2, 0) is 10.8 Å². The fourth-order valence-electron chi connectivity index (χ4n) is 3.33. The second-order valence-electron chi connectivity index (χ2n) is 8.22. The first-order chi connectivity index (χ1) is 10.7. The van der Waals surface area contributed by atoms with Crippen molar-refractivity contribution in [3.63, 3.8) is 0 Å². The maximum absolute atomic E-state index is 3.64. The van der Waals surface area contributed by atoms with E-state index >= 15 is 0 Å². The zero-order chi connectivity index (χ0) is 16.8. The van der Waals surface area contributed by atoms with Gasteiger partial charge in [0.05, 0.1) is 0 Å². The van der Waals surface area contributed by atoms with Gasteiger partial charge in [-0.2, -0.15) is 0 Å². The van der Waals surface area contributed by atoms with Crippen molar-refractivity contribution in [2.45, 2.75) is 51.9 Å². The first-order valence-corrected chi connectivity index (χ1v) is 9.09. The molecular formula is C22H25Br. The Balaban J connectivity index is 2.08. The SMILES string of the molecule is CC(C)(C)c1ccc(C2=CCC(C)(C)c3ccc(Br)cc32)cc1. The van der Waals surface area contributed by atoms with Crippen LogP contribution in [-0.4, -0.2) is 0 Å². The predicted molar refractivity (Wildman–Crippen MR) is 104 cm³/mol. The van der Waals surface area contributed by atoms with Gasteiger partial charge >= 0.3 is 0 Å². The Labute approximate surface area is 148 Å². The van der Waals surface area contributed by atoms with E-state index in [0.717, 1.165) is 10.9 Å². The Bertz CT molecular complexity index is 756. The van der Waals surface area contributed by atoms with Gasteiger partial charge in [0.1, 0.15) is 0 Å². The lowest BCUT2D eigenvalue weighted by atomic mass is 9.72. The molecule has 0 aliphatic heterocycles. The van der Waals surface area contributed by atoms with E-state index in [1.807, 2.05) is 0 Å². The van der Waals surface area contributed by atoms with E-state index in [-0.39, 0.29) is 10.8 Å². The topological polar surface area (TPSA) is 0 Å². The Kier molecular flexibility index (Phi) is 4.04. The van der Waals surface area contributed by atoms with Crippen LogP contribution in [0.15, 0.2) is 53.0 Å². The summed E-state index contributed by atoms with van der Waals surface area (Å²) < 4.78 is 1.14. The smallest absolute Gasteiger partial charge is 0.0181 e. The van der Waals surface area contributed by atoms with Crippen LogP contribution in [0.4, 0.5) is 0 Å². The summed E-state index contributed by atoms with van der Waals surface area (Å²) in [6, 6.07) is 15.8. The van der Waals surface area contributed by atoms with Crippen molar-refractivity contribution < 1.29 is 0 Å². The monoisotopic (exact) mass is 368 g/mol. The molecule has 0 heterocycles. The first-order valence-electron chi connectivity index (χ1n) is 8.30. The van der Waals surface area contributed by atoms with Crippen molar-refractivity contribution in [2.75, 3.05) is 0 Å². The molecule has 0 fully saturated rings. The van der Waals surface area contributed by atoms with Crippen LogP contribution in [0.25, 0.3) is 5.57 Å². The summed E-state index contributed by atoms with van der Waals surface area (Å²) in [5.74, 6) is 0. The van der Waals surface area contributed by atoms with Crippen LogP contribution in [0, 0.1) is 0 Å². The zero-order valence-electron chi connectivity index (χ0n) is 14.7. The zero-order valence-corrected chi connectivity index (χ0v) is 16.3. The highest BCUT2D eigenvalue weighted by Gasteiger charge is 2.28. The van der Waals surface area contributed by atoms with Gasteiger partial charge in [-0.3, -0.25) is 0 Å². The number of halogens is 1. The molecule has 0 aromatic heterocycles. The molecule has 0 spiro atoms. The largest absolute Gasteiger partial charge is 0.0752 e. The molecule has 120 valence electrons. The van der Waals surface area contributed by atoms with Crippen molar-refractivity contribution >= 4 is 21.5 Å². The third-order valence-electron chi connectivity index (χ3n) is 4.88. The summed E-state index contributed by atoms with van der Waals surface area (Å²) in [6.45, 7) is 11.4. The number of allylic oxidation sites excluding steroid dienone is 1. The van der Waals surface area contributed by atoms with Crippen molar-refractivity contribution in [2.24, 2.45) is 0 Å². The molecule has 1 heteroatoms. The molecule has 0 radical (unpaired) electrons. The number of fused-ring (bicyclic) bond motifs is 1. The van der Waals surface area contributed by atoms with E-state index < -0.39 is 0 Å². The van der Waals surface area contributed by atoms with Gasteiger partial charge in [-0.05, 0) is 57.2 Å². The lowest BCUT2D eigenvalue weighted by Crippen LogP contribution is -2.21. The van der Waals surface area contributed by atoms with Gasteiger partial charge in [0.25, 0.3) is 0 Å². The van der Waals surface area contributed by atoms with E-state index in [1.54, 1.807) is 0 Å². The normalized spacial score (nSPS) is 16.7. The molecule has 0 N–H and O–H groups in total. The third-order valence-corrected chi connectivity index (χ3v) is 5.37.